The number of aliphatic hydroxyl groups excluding tert-OH is 1. The fourth-order valence-electron chi connectivity index (χ4n) is 2.30. The Labute approximate surface area is 137 Å². The molecule has 0 spiro atoms. The van der Waals surface area contributed by atoms with Crippen LogP contribution in [0.1, 0.15) is 11.8 Å². The van der Waals surface area contributed by atoms with Crippen LogP contribution in [-0.2, 0) is 13.0 Å². The predicted molar refractivity (Wildman–Crippen MR) is 91.2 cm³/mol. The average Bonchev–Trinajstić information content (AvgIpc) is 3.01. The third-order valence-corrected chi connectivity index (χ3v) is 4.70. The van der Waals surface area contributed by atoms with Crippen molar-refractivity contribution in [1.29, 1.82) is 0 Å². The minimum Gasteiger partial charge on any atom is -0.491 e. The molecule has 0 saturated heterocycles. The highest BCUT2D eigenvalue weighted by atomic mass is 32.1. The lowest BCUT2D eigenvalue weighted by atomic mass is 10.3. The van der Waals surface area contributed by atoms with E-state index in [2.05, 4.69) is 4.98 Å². The Bertz CT molecular complexity index is 842. The largest absolute Gasteiger partial charge is 0.491 e. The maximum absolute atomic E-state index is 12.4. The zero-order chi connectivity index (χ0) is 16.2. The predicted octanol–water partition coefficient (Wildman–Crippen LogP) is 2.46. The Morgan fingerprint density at radius 3 is 2.87 bits per heavy atom. The molecule has 3 aromatic rings. The zero-order valence-electron chi connectivity index (χ0n) is 12.8. The van der Waals surface area contributed by atoms with Gasteiger partial charge in [0, 0.05) is 4.88 Å². The molecule has 5 nitrogen and oxygen atoms in total. The van der Waals surface area contributed by atoms with Gasteiger partial charge in [0.15, 0.2) is 0 Å². The van der Waals surface area contributed by atoms with E-state index >= 15 is 0 Å². The number of ether oxygens (including phenoxy) is 1. The van der Waals surface area contributed by atoms with Gasteiger partial charge in [0.25, 0.3) is 5.56 Å². The van der Waals surface area contributed by atoms with Gasteiger partial charge in [-0.25, -0.2) is 4.98 Å². The van der Waals surface area contributed by atoms with Crippen molar-refractivity contribution < 1.29 is 9.84 Å². The van der Waals surface area contributed by atoms with Crippen LogP contribution in [0, 0.1) is 0 Å². The van der Waals surface area contributed by atoms with E-state index in [1.54, 1.807) is 0 Å². The third kappa shape index (κ3) is 3.60. The Kier molecular flexibility index (Phi) is 4.73. The molecule has 120 valence electrons. The van der Waals surface area contributed by atoms with Crippen molar-refractivity contribution >= 4 is 21.6 Å². The maximum Gasteiger partial charge on any atom is 0.262 e. The van der Waals surface area contributed by atoms with E-state index in [0.29, 0.717) is 11.1 Å². The number of hydrogen-bond acceptors (Lipinski definition) is 5. The second kappa shape index (κ2) is 6.93. The number of thiophene rings is 1. The molecule has 23 heavy (non-hydrogen) atoms. The van der Waals surface area contributed by atoms with Crippen LogP contribution in [0.2, 0.25) is 0 Å². The minimum absolute atomic E-state index is 0.121. The molecule has 2 aromatic heterocycles. The number of para-hydroxylation sites is 1. The van der Waals surface area contributed by atoms with E-state index in [-0.39, 0.29) is 18.7 Å². The van der Waals surface area contributed by atoms with Gasteiger partial charge < -0.3 is 9.84 Å². The van der Waals surface area contributed by atoms with Crippen LogP contribution in [0.5, 0.6) is 5.75 Å². The van der Waals surface area contributed by atoms with Crippen LogP contribution in [0.3, 0.4) is 0 Å². The van der Waals surface area contributed by atoms with Gasteiger partial charge in [0.05, 0.1) is 18.3 Å². The molecule has 0 amide bonds. The van der Waals surface area contributed by atoms with Crippen LogP contribution in [0.25, 0.3) is 10.2 Å². The van der Waals surface area contributed by atoms with E-state index in [9.17, 15) is 9.90 Å². The molecule has 2 heterocycles. The first-order chi connectivity index (χ1) is 11.2. The average molecular weight is 330 g/mol. The van der Waals surface area contributed by atoms with Gasteiger partial charge in [-0.2, -0.15) is 0 Å². The van der Waals surface area contributed by atoms with E-state index in [1.807, 2.05) is 43.3 Å². The fraction of sp³-hybridized carbons (Fsp3) is 0.294. The van der Waals surface area contributed by atoms with Gasteiger partial charge in [0.2, 0.25) is 0 Å². The lowest BCUT2D eigenvalue weighted by Crippen LogP contribution is -2.30. The molecule has 0 aliphatic rings. The summed E-state index contributed by atoms with van der Waals surface area (Å²) in [7, 11) is 0. The lowest BCUT2D eigenvalue weighted by molar-refractivity contribution is 0.0915. The van der Waals surface area contributed by atoms with Gasteiger partial charge in [-0.1, -0.05) is 25.1 Å². The first kappa shape index (κ1) is 15.7. The Morgan fingerprint density at radius 1 is 1.35 bits per heavy atom. The summed E-state index contributed by atoms with van der Waals surface area (Å²) in [6.45, 7) is 2.33. The topological polar surface area (TPSA) is 64.4 Å². The van der Waals surface area contributed by atoms with E-state index in [1.165, 1.54) is 22.2 Å². The van der Waals surface area contributed by atoms with Crippen molar-refractivity contribution in [3.63, 3.8) is 0 Å². The molecular weight excluding hydrogens is 312 g/mol. The highest BCUT2D eigenvalue weighted by Crippen LogP contribution is 2.21. The fourth-order valence-corrected chi connectivity index (χ4v) is 3.23. The van der Waals surface area contributed by atoms with Crippen LogP contribution in [0.4, 0.5) is 0 Å². The number of rotatable bonds is 6. The van der Waals surface area contributed by atoms with Crippen molar-refractivity contribution in [2.45, 2.75) is 26.0 Å². The SMILES string of the molecule is CCc1cc2c(=O)n(CC(O)COc3ccccc3)cnc2s1. The van der Waals surface area contributed by atoms with Crippen LogP contribution < -0.4 is 10.3 Å². The molecule has 0 radical (unpaired) electrons. The van der Waals surface area contributed by atoms with Crippen molar-refractivity contribution in [2.75, 3.05) is 6.61 Å². The number of benzene rings is 1. The van der Waals surface area contributed by atoms with Gasteiger partial charge in [0.1, 0.15) is 23.3 Å². The maximum atomic E-state index is 12.4. The summed E-state index contributed by atoms with van der Waals surface area (Å²) in [5.41, 5.74) is -0.121. The Morgan fingerprint density at radius 2 is 2.13 bits per heavy atom. The molecule has 1 unspecified atom stereocenters. The number of hydrogen-bond donors (Lipinski definition) is 1. The Hall–Kier alpha value is -2.18. The summed E-state index contributed by atoms with van der Waals surface area (Å²) < 4.78 is 6.94. The second-order valence-corrected chi connectivity index (χ2v) is 6.38. The van der Waals surface area contributed by atoms with Crippen molar-refractivity contribution in [2.24, 2.45) is 0 Å². The summed E-state index contributed by atoms with van der Waals surface area (Å²) in [5, 5.41) is 10.7. The summed E-state index contributed by atoms with van der Waals surface area (Å²) in [5.74, 6) is 0.692. The van der Waals surface area contributed by atoms with Crippen LogP contribution in [-0.4, -0.2) is 27.4 Å². The molecule has 3 rings (SSSR count). The van der Waals surface area contributed by atoms with Crippen molar-refractivity contribution in [1.82, 2.24) is 9.55 Å². The van der Waals surface area contributed by atoms with Crippen molar-refractivity contribution in [3.8, 4) is 5.75 Å². The number of aryl methyl sites for hydroxylation is 1. The molecule has 0 aliphatic heterocycles. The van der Waals surface area contributed by atoms with Crippen LogP contribution in [0.15, 0.2) is 47.5 Å². The first-order valence-electron chi connectivity index (χ1n) is 7.51. The zero-order valence-corrected chi connectivity index (χ0v) is 13.6. The molecule has 0 bridgehead atoms. The third-order valence-electron chi connectivity index (χ3n) is 3.51. The number of aromatic nitrogens is 2. The molecule has 1 aromatic carbocycles. The minimum atomic E-state index is -0.781. The lowest BCUT2D eigenvalue weighted by Gasteiger charge is -2.13. The monoisotopic (exact) mass is 330 g/mol. The molecule has 0 aliphatic carbocycles. The number of aliphatic hydroxyl groups is 1. The highest BCUT2D eigenvalue weighted by Gasteiger charge is 2.12. The smallest absolute Gasteiger partial charge is 0.262 e. The summed E-state index contributed by atoms with van der Waals surface area (Å²) in [4.78, 5) is 18.6. The van der Waals surface area contributed by atoms with Gasteiger partial charge >= 0.3 is 0 Å². The van der Waals surface area contributed by atoms with Crippen molar-refractivity contribution in [3.05, 3.63) is 58.0 Å². The molecular formula is C17H18N2O3S. The highest BCUT2D eigenvalue weighted by molar-refractivity contribution is 7.18. The summed E-state index contributed by atoms with van der Waals surface area (Å²) in [6.07, 6.45) is 1.59. The first-order valence-corrected chi connectivity index (χ1v) is 8.32. The summed E-state index contributed by atoms with van der Waals surface area (Å²) in [6, 6.07) is 11.2. The van der Waals surface area contributed by atoms with E-state index in [4.69, 9.17) is 4.74 Å². The number of fused-ring (bicyclic) bond motifs is 1. The summed E-state index contributed by atoms with van der Waals surface area (Å²) >= 11 is 1.53. The normalized spacial score (nSPS) is 12.4. The number of nitrogens with zero attached hydrogens (tertiary/aromatic N) is 2. The Balaban J connectivity index is 1.70. The molecule has 1 N–H and O–H groups in total. The molecule has 1 atom stereocenters. The quantitative estimate of drug-likeness (QED) is 0.754. The molecule has 0 fully saturated rings. The molecule has 6 heteroatoms. The van der Waals surface area contributed by atoms with E-state index < -0.39 is 6.10 Å². The molecule has 0 saturated carbocycles. The standard InChI is InChI=1S/C17H18N2O3S/c1-2-14-8-15-16(23-14)18-11-19(17(15)21)9-12(20)10-22-13-6-4-3-5-7-13/h3-8,11-12,20H,2,9-10H2,1H3. The van der Waals surface area contributed by atoms with E-state index in [0.717, 1.165) is 16.1 Å². The van der Waals surface area contributed by atoms with Crippen LogP contribution >= 0.6 is 11.3 Å². The van der Waals surface area contributed by atoms with Gasteiger partial charge in [-0.15, -0.1) is 11.3 Å². The van der Waals surface area contributed by atoms with Gasteiger partial charge in [-0.05, 0) is 24.6 Å². The second-order valence-electron chi connectivity index (χ2n) is 5.27. The van der Waals surface area contributed by atoms with Gasteiger partial charge in [-0.3, -0.25) is 9.36 Å².